The molecule has 1 radical (unpaired) electrons. The van der Waals surface area contributed by atoms with Crippen LogP contribution in [0.2, 0.25) is 0 Å². The minimum Gasteiger partial charge on any atom is -0.394 e. The zero-order chi connectivity index (χ0) is 9.61. The lowest BCUT2D eigenvalue weighted by Gasteiger charge is -2.08. The highest BCUT2D eigenvalue weighted by atomic mass is 31.2. The molecule has 1 atom stereocenters. The molecule has 13 heavy (non-hydrogen) atoms. The van der Waals surface area contributed by atoms with Gasteiger partial charge in [-0.2, -0.15) is 0 Å². The Balaban J connectivity index is 0. The van der Waals surface area contributed by atoms with Crippen LogP contribution in [0.4, 0.5) is 0 Å². The third-order valence-corrected chi connectivity index (χ3v) is 1.64. The van der Waals surface area contributed by atoms with Crippen LogP contribution >= 0.6 is 7.82 Å². The maximum atomic E-state index is 10.7. The summed E-state index contributed by atoms with van der Waals surface area (Å²) in [6.45, 7) is 2.20. The molecule has 0 aliphatic carbocycles. The topological polar surface area (TPSA) is 93.1 Å². The average molecular weight is 211 g/mol. The van der Waals surface area contributed by atoms with Crippen molar-refractivity contribution in [3.8, 4) is 0 Å². The summed E-state index contributed by atoms with van der Waals surface area (Å²) >= 11 is 0. The molecule has 2 N–H and O–H groups in total. The van der Waals surface area contributed by atoms with Crippen molar-refractivity contribution in [2.75, 3.05) is 13.2 Å². The van der Waals surface area contributed by atoms with Gasteiger partial charge in [0.15, 0.2) is 0 Å². The highest BCUT2D eigenvalue weighted by molar-refractivity contribution is 7.48. The predicted octanol–water partition coefficient (Wildman–Crippen LogP) is 0.275. The number of hydrogen-bond donors (Lipinski definition) is 2. The molecule has 6 nitrogen and oxygen atoms in total. The molecule has 0 fully saturated rings. The van der Waals surface area contributed by atoms with Gasteiger partial charge in [0.05, 0.1) is 13.2 Å². The van der Waals surface area contributed by atoms with Crippen LogP contribution in [0.1, 0.15) is 0 Å². The van der Waals surface area contributed by atoms with Crippen LogP contribution < -0.4 is 0 Å². The molecular formula is C6H12O6P. The molecular weight excluding hydrogens is 199 g/mol. The molecule has 77 valence electrons. The molecule has 0 aliphatic rings. The van der Waals surface area contributed by atoms with Gasteiger partial charge < -0.3 is 9.63 Å². The summed E-state index contributed by atoms with van der Waals surface area (Å²) in [6, 6.07) is 0. The highest BCUT2D eigenvalue weighted by Gasteiger charge is 2.24. The Morgan fingerprint density at radius 3 is 2.54 bits per heavy atom. The summed E-state index contributed by atoms with van der Waals surface area (Å²) in [5, 5.41) is 8.20. The maximum absolute atomic E-state index is 10.7. The molecule has 0 bridgehead atoms. The SMILES string of the molecule is C=CC(=O)OP(=O)(O)OCCO.[CH3]. The van der Waals surface area contributed by atoms with Gasteiger partial charge in [-0.15, -0.1) is 0 Å². The van der Waals surface area contributed by atoms with E-state index in [2.05, 4.69) is 15.6 Å². The fourth-order valence-corrected chi connectivity index (χ4v) is 1.00. The van der Waals surface area contributed by atoms with E-state index in [1.54, 1.807) is 0 Å². The van der Waals surface area contributed by atoms with E-state index in [-0.39, 0.29) is 14.0 Å². The molecule has 0 aromatic carbocycles. The fraction of sp³-hybridized carbons (Fsp3) is 0.333. The van der Waals surface area contributed by atoms with Crippen molar-refractivity contribution in [3.63, 3.8) is 0 Å². The lowest BCUT2D eigenvalue weighted by molar-refractivity contribution is -0.130. The quantitative estimate of drug-likeness (QED) is 0.501. The highest BCUT2D eigenvalue weighted by Crippen LogP contribution is 2.42. The minimum atomic E-state index is -4.36. The molecule has 1 unspecified atom stereocenters. The Morgan fingerprint density at radius 2 is 2.15 bits per heavy atom. The van der Waals surface area contributed by atoms with Gasteiger partial charge in [-0.3, -0.25) is 9.42 Å². The first-order chi connectivity index (χ1) is 5.52. The van der Waals surface area contributed by atoms with E-state index in [0.717, 1.165) is 6.08 Å². The van der Waals surface area contributed by atoms with E-state index in [4.69, 9.17) is 10.00 Å². The molecule has 0 amide bonds. The first-order valence-electron chi connectivity index (χ1n) is 2.96. The lowest BCUT2D eigenvalue weighted by atomic mass is 10.7. The monoisotopic (exact) mass is 211 g/mol. The van der Waals surface area contributed by atoms with Crippen LogP contribution in [0.25, 0.3) is 0 Å². The number of phosphoric acid groups is 1. The molecule has 7 heteroatoms. The summed E-state index contributed by atoms with van der Waals surface area (Å²) in [4.78, 5) is 19.1. The van der Waals surface area contributed by atoms with Gasteiger partial charge in [0.2, 0.25) is 0 Å². The summed E-state index contributed by atoms with van der Waals surface area (Å²) in [7, 11) is -4.36. The second-order valence-electron chi connectivity index (χ2n) is 1.64. The second-order valence-corrected chi connectivity index (χ2v) is 3.02. The third-order valence-electron chi connectivity index (χ3n) is 0.718. The number of hydrogen-bond acceptors (Lipinski definition) is 5. The standard InChI is InChI=1S/C5H9O6P.CH3/c1-2-5(7)11-12(8,9)10-4-3-6;/h2,6H,1,3-4H2,(H,8,9);1H3. The molecule has 0 aliphatic heterocycles. The minimum absolute atomic E-state index is 0. The van der Waals surface area contributed by atoms with Crippen molar-refractivity contribution in [2.24, 2.45) is 0 Å². The normalized spacial score (nSPS) is 13.7. The largest absolute Gasteiger partial charge is 0.529 e. The van der Waals surface area contributed by atoms with Crippen LogP contribution in [0.5, 0.6) is 0 Å². The Bertz CT molecular complexity index is 213. The second kappa shape index (κ2) is 6.80. The summed E-state index contributed by atoms with van der Waals surface area (Å²) in [6.07, 6.45) is 0.727. The van der Waals surface area contributed by atoms with Crippen molar-refractivity contribution in [3.05, 3.63) is 20.1 Å². The lowest BCUT2D eigenvalue weighted by Crippen LogP contribution is -2.03. The Hall–Kier alpha value is -0.680. The number of carbonyl (C=O) groups excluding carboxylic acids is 1. The first-order valence-corrected chi connectivity index (χ1v) is 4.45. The first kappa shape index (κ1) is 14.8. The summed E-state index contributed by atoms with van der Waals surface area (Å²) in [5.41, 5.74) is 0. The molecule has 0 spiro atoms. The van der Waals surface area contributed by atoms with Gasteiger partial charge in [-0.25, -0.2) is 9.36 Å². The van der Waals surface area contributed by atoms with Crippen molar-refractivity contribution in [2.45, 2.75) is 0 Å². The Kier molecular flexibility index (Phi) is 7.75. The van der Waals surface area contributed by atoms with Crippen LogP contribution in [-0.2, 0) is 18.4 Å². The molecule has 0 saturated carbocycles. The van der Waals surface area contributed by atoms with Gasteiger partial charge in [0.25, 0.3) is 0 Å². The Labute approximate surface area is 76.4 Å². The number of phosphoric ester groups is 1. The zero-order valence-corrected chi connectivity index (χ0v) is 8.07. The van der Waals surface area contributed by atoms with E-state index < -0.39 is 20.4 Å². The van der Waals surface area contributed by atoms with E-state index in [9.17, 15) is 9.36 Å². The fourth-order valence-electron chi connectivity index (χ4n) is 0.334. The van der Waals surface area contributed by atoms with Crippen molar-refractivity contribution in [1.82, 2.24) is 0 Å². The van der Waals surface area contributed by atoms with Crippen molar-refractivity contribution >= 4 is 13.8 Å². The third kappa shape index (κ3) is 7.67. The van der Waals surface area contributed by atoms with E-state index >= 15 is 0 Å². The van der Waals surface area contributed by atoms with Gasteiger partial charge in [0.1, 0.15) is 0 Å². The summed E-state index contributed by atoms with van der Waals surface area (Å²) < 4.78 is 18.7. The van der Waals surface area contributed by atoms with Gasteiger partial charge in [0, 0.05) is 6.08 Å². The maximum Gasteiger partial charge on any atom is 0.529 e. The Morgan fingerprint density at radius 1 is 1.62 bits per heavy atom. The van der Waals surface area contributed by atoms with E-state index in [1.807, 2.05) is 0 Å². The van der Waals surface area contributed by atoms with Gasteiger partial charge in [-0.05, 0) is 0 Å². The number of aliphatic hydroxyl groups is 1. The van der Waals surface area contributed by atoms with Crippen LogP contribution in [0.3, 0.4) is 0 Å². The average Bonchev–Trinajstić information content (AvgIpc) is 2.00. The zero-order valence-electron chi connectivity index (χ0n) is 7.17. The van der Waals surface area contributed by atoms with Crippen LogP contribution in [-0.4, -0.2) is 29.2 Å². The summed E-state index contributed by atoms with van der Waals surface area (Å²) in [5.74, 6) is -1.06. The van der Waals surface area contributed by atoms with Crippen molar-refractivity contribution in [1.29, 1.82) is 0 Å². The van der Waals surface area contributed by atoms with E-state index in [1.165, 1.54) is 0 Å². The van der Waals surface area contributed by atoms with E-state index in [0.29, 0.717) is 0 Å². The number of rotatable bonds is 5. The molecule has 0 rings (SSSR count). The van der Waals surface area contributed by atoms with Crippen LogP contribution in [0.15, 0.2) is 12.7 Å². The molecule has 0 heterocycles. The number of aliphatic hydroxyl groups excluding tert-OH is 1. The molecule has 0 saturated heterocycles. The number of carbonyl (C=O) groups is 1. The van der Waals surface area contributed by atoms with Crippen LogP contribution in [0, 0.1) is 7.43 Å². The van der Waals surface area contributed by atoms with Crippen molar-refractivity contribution < 1.29 is 28.4 Å². The molecule has 0 aromatic rings. The van der Waals surface area contributed by atoms with Gasteiger partial charge >= 0.3 is 13.8 Å². The van der Waals surface area contributed by atoms with Gasteiger partial charge in [-0.1, -0.05) is 14.0 Å². The smallest absolute Gasteiger partial charge is 0.394 e. The predicted molar refractivity (Wildman–Crippen MR) is 45.6 cm³/mol. The molecule has 0 aromatic heterocycles.